The summed E-state index contributed by atoms with van der Waals surface area (Å²) in [5.74, 6) is 0. The Kier molecular flexibility index (Phi) is 5.47. The first-order chi connectivity index (χ1) is 7.58. The van der Waals surface area contributed by atoms with Crippen molar-refractivity contribution in [2.24, 2.45) is 5.41 Å². The molecule has 0 radical (unpaired) electrons. The number of nitrogens with one attached hydrogen (secondary N) is 1. The Morgan fingerprint density at radius 1 is 1.25 bits per heavy atom. The van der Waals surface area contributed by atoms with Crippen LogP contribution in [-0.4, -0.2) is 18.1 Å². The van der Waals surface area contributed by atoms with E-state index >= 15 is 0 Å². The highest BCUT2D eigenvalue weighted by Crippen LogP contribution is 2.10. The topological polar surface area (TPSA) is 24.9 Å². The van der Waals surface area contributed by atoms with E-state index in [4.69, 9.17) is 0 Å². The van der Waals surface area contributed by atoms with Gasteiger partial charge >= 0.3 is 0 Å². The number of nitrogens with zero attached hydrogens (tertiary/aromatic N) is 1. The number of unbranched alkanes of at least 4 members (excludes halogenated alkanes) is 1. The highest BCUT2D eigenvalue weighted by Gasteiger charge is 2.07. The van der Waals surface area contributed by atoms with Gasteiger partial charge in [0.25, 0.3) is 0 Å². The van der Waals surface area contributed by atoms with Gasteiger partial charge in [0, 0.05) is 12.4 Å². The summed E-state index contributed by atoms with van der Waals surface area (Å²) >= 11 is 0. The predicted molar refractivity (Wildman–Crippen MR) is 69.5 cm³/mol. The van der Waals surface area contributed by atoms with E-state index in [1.54, 1.807) is 0 Å². The van der Waals surface area contributed by atoms with Gasteiger partial charge in [-0.2, -0.15) is 0 Å². The SMILES string of the molecule is CC(C)(C)CNCCCCc1cccnc1. The summed E-state index contributed by atoms with van der Waals surface area (Å²) in [7, 11) is 0. The largest absolute Gasteiger partial charge is 0.316 e. The monoisotopic (exact) mass is 220 g/mol. The summed E-state index contributed by atoms with van der Waals surface area (Å²) in [6.45, 7) is 9.00. The van der Waals surface area contributed by atoms with Crippen molar-refractivity contribution in [2.75, 3.05) is 13.1 Å². The standard InChI is InChI=1S/C14H24N2/c1-14(2,3)12-16-9-5-4-7-13-8-6-10-15-11-13/h6,8,10-11,16H,4-5,7,9,12H2,1-3H3. The molecule has 0 aromatic carbocycles. The Morgan fingerprint density at radius 3 is 2.69 bits per heavy atom. The smallest absolute Gasteiger partial charge is 0.0299 e. The third kappa shape index (κ3) is 6.57. The van der Waals surface area contributed by atoms with Crippen molar-refractivity contribution in [3.05, 3.63) is 30.1 Å². The minimum Gasteiger partial charge on any atom is -0.316 e. The highest BCUT2D eigenvalue weighted by molar-refractivity contribution is 5.08. The molecule has 90 valence electrons. The van der Waals surface area contributed by atoms with Crippen molar-refractivity contribution in [1.82, 2.24) is 10.3 Å². The first kappa shape index (κ1) is 13.2. The van der Waals surface area contributed by atoms with E-state index in [0.29, 0.717) is 5.41 Å². The van der Waals surface area contributed by atoms with E-state index < -0.39 is 0 Å². The molecule has 0 saturated carbocycles. The van der Waals surface area contributed by atoms with Gasteiger partial charge in [-0.25, -0.2) is 0 Å². The fraction of sp³-hybridized carbons (Fsp3) is 0.643. The van der Waals surface area contributed by atoms with Gasteiger partial charge in [-0.15, -0.1) is 0 Å². The molecular weight excluding hydrogens is 196 g/mol. The maximum Gasteiger partial charge on any atom is 0.0299 e. The van der Waals surface area contributed by atoms with Crippen LogP contribution >= 0.6 is 0 Å². The zero-order chi connectivity index (χ0) is 11.9. The van der Waals surface area contributed by atoms with Gasteiger partial charge < -0.3 is 5.32 Å². The highest BCUT2D eigenvalue weighted by atomic mass is 14.9. The van der Waals surface area contributed by atoms with E-state index in [-0.39, 0.29) is 0 Å². The molecule has 0 aliphatic rings. The lowest BCUT2D eigenvalue weighted by Gasteiger charge is -2.18. The van der Waals surface area contributed by atoms with Crippen LogP contribution in [0.1, 0.15) is 39.2 Å². The molecule has 0 amide bonds. The molecule has 16 heavy (non-hydrogen) atoms. The fourth-order valence-electron chi connectivity index (χ4n) is 1.59. The Hall–Kier alpha value is -0.890. The zero-order valence-corrected chi connectivity index (χ0v) is 10.8. The number of aryl methyl sites for hydroxylation is 1. The third-order valence-electron chi connectivity index (χ3n) is 2.45. The molecule has 0 fully saturated rings. The van der Waals surface area contributed by atoms with Gasteiger partial charge in [0.15, 0.2) is 0 Å². The quantitative estimate of drug-likeness (QED) is 0.745. The first-order valence-corrected chi connectivity index (χ1v) is 6.17. The van der Waals surface area contributed by atoms with E-state index in [9.17, 15) is 0 Å². The second kappa shape index (κ2) is 6.64. The van der Waals surface area contributed by atoms with Crippen LogP contribution in [0.2, 0.25) is 0 Å². The van der Waals surface area contributed by atoms with Crippen LogP contribution in [0.15, 0.2) is 24.5 Å². The van der Waals surface area contributed by atoms with Crippen molar-refractivity contribution in [1.29, 1.82) is 0 Å². The van der Waals surface area contributed by atoms with Crippen molar-refractivity contribution in [2.45, 2.75) is 40.0 Å². The van der Waals surface area contributed by atoms with Crippen LogP contribution in [0.3, 0.4) is 0 Å². The van der Waals surface area contributed by atoms with Gasteiger partial charge in [-0.1, -0.05) is 26.8 Å². The van der Waals surface area contributed by atoms with Gasteiger partial charge in [0.1, 0.15) is 0 Å². The lowest BCUT2D eigenvalue weighted by molar-refractivity contribution is 0.378. The molecule has 0 saturated heterocycles. The molecule has 2 heteroatoms. The number of aromatic nitrogens is 1. The van der Waals surface area contributed by atoms with Crippen LogP contribution in [0.4, 0.5) is 0 Å². The molecule has 0 aliphatic carbocycles. The van der Waals surface area contributed by atoms with Gasteiger partial charge in [-0.3, -0.25) is 4.98 Å². The Labute approximate surface area is 99.5 Å². The number of rotatable bonds is 6. The predicted octanol–water partition coefficient (Wildman–Crippen LogP) is 3.04. The molecule has 1 heterocycles. The van der Waals surface area contributed by atoms with E-state index in [0.717, 1.165) is 19.5 Å². The summed E-state index contributed by atoms with van der Waals surface area (Å²) in [6, 6.07) is 4.16. The van der Waals surface area contributed by atoms with Gasteiger partial charge in [0.05, 0.1) is 0 Å². The van der Waals surface area contributed by atoms with E-state index in [2.05, 4.69) is 37.1 Å². The second-order valence-corrected chi connectivity index (χ2v) is 5.56. The molecule has 1 N–H and O–H groups in total. The van der Waals surface area contributed by atoms with Crippen LogP contribution < -0.4 is 5.32 Å². The molecule has 0 aliphatic heterocycles. The second-order valence-electron chi connectivity index (χ2n) is 5.56. The number of pyridine rings is 1. The van der Waals surface area contributed by atoms with Crippen LogP contribution in [0.25, 0.3) is 0 Å². The third-order valence-corrected chi connectivity index (χ3v) is 2.45. The van der Waals surface area contributed by atoms with Crippen LogP contribution in [0, 0.1) is 5.41 Å². The molecule has 0 atom stereocenters. The van der Waals surface area contributed by atoms with E-state index in [1.807, 2.05) is 18.5 Å². The lowest BCUT2D eigenvalue weighted by Crippen LogP contribution is -2.27. The normalized spacial score (nSPS) is 11.7. The van der Waals surface area contributed by atoms with Crippen LogP contribution in [-0.2, 0) is 6.42 Å². The average Bonchev–Trinajstić information content (AvgIpc) is 2.23. The Morgan fingerprint density at radius 2 is 2.06 bits per heavy atom. The molecule has 0 bridgehead atoms. The van der Waals surface area contributed by atoms with Gasteiger partial charge in [-0.05, 0) is 49.4 Å². The average molecular weight is 220 g/mol. The van der Waals surface area contributed by atoms with Crippen molar-refractivity contribution in [3.63, 3.8) is 0 Å². The minimum absolute atomic E-state index is 0.392. The summed E-state index contributed by atoms with van der Waals surface area (Å²) in [4.78, 5) is 4.12. The van der Waals surface area contributed by atoms with Gasteiger partial charge in [0.2, 0.25) is 0 Å². The molecular formula is C14H24N2. The van der Waals surface area contributed by atoms with E-state index in [1.165, 1.54) is 18.4 Å². The maximum absolute atomic E-state index is 4.12. The number of hydrogen-bond donors (Lipinski definition) is 1. The fourth-order valence-corrected chi connectivity index (χ4v) is 1.59. The molecule has 0 unspecified atom stereocenters. The summed E-state index contributed by atoms with van der Waals surface area (Å²) in [5.41, 5.74) is 1.74. The Bertz CT molecular complexity index is 275. The molecule has 2 nitrogen and oxygen atoms in total. The minimum atomic E-state index is 0.392. The Balaban J connectivity index is 2.01. The zero-order valence-electron chi connectivity index (χ0n) is 10.8. The number of hydrogen-bond acceptors (Lipinski definition) is 2. The molecule has 1 aromatic heterocycles. The van der Waals surface area contributed by atoms with Crippen molar-refractivity contribution < 1.29 is 0 Å². The lowest BCUT2D eigenvalue weighted by atomic mass is 9.97. The van der Waals surface area contributed by atoms with Crippen LogP contribution in [0.5, 0.6) is 0 Å². The summed E-state index contributed by atoms with van der Waals surface area (Å²) < 4.78 is 0. The first-order valence-electron chi connectivity index (χ1n) is 6.17. The maximum atomic E-state index is 4.12. The molecule has 1 aromatic rings. The summed E-state index contributed by atoms with van der Waals surface area (Å²) in [5, 5.41) is 3.50. The van der Waals surface area contributed by atoms with Crippen molar-refractivity contribution >= 4 is 0 Å². The summed E-state index contributed by atoms with van der Waals surface area (Å²) in [6.07, 6.45) is 7.41. The molecule has 0 spiro atoms. The molecule has 1 rings (SSSR count). The van der Waals surface area contributed by atoms with Crippen molar-refractivity contribution in [3.8, 4) is 0 Å².